The molecule has 1 saturated heterocycles. The maximum absolute atomic E-state index is 12.7. The zero-order valence-corrected chi connectivity index (χ0v) is 15.1. The van der Waals surface area contributed by atoms with Crippen molar-refractivity contribution in [3.05, 3.63) is 66.0 Å². The summed E-state index contributed by atoms with van der Waals surface area (Å²) in [6.45, 7) is 0.877. The smallest absolute Gasteiger partial charge is 0.316 e. The number of β-amino-alcohol motifs (C(OH)–C–C–N with tert-alkyl or cyclic N) is 1. The monoisotopic (exact) mass is 363 g/mol. The zero-order valence-electron chi connectivity index (χ0n) is 15.1. The van der Waals surface area contributed by atoms with E-state index in [1.165, 1.54) is 24.9 Å². The Morgan fingerprint density at radius 1 is 1.15 bits per heavy atom. The molecule has 138 valence electrons. The number of hydrogen-bond donors (Lipinski definition) is 1. The number of nitrogens with zero attached hydrogens (tertiary/aromatic N) is 3. The molecule has 27 heavy (non-hydrogen) atoms. The van der Waals surface area contributed by atoms with E-state index in [1.54, 1.807) is 4.90 Å². The van der Waals surface area contributed by atoms with E-state index in [9.17, 15) is 9.90 Å². The summed E-state index contributed by atoms with van der Waals surface area (Å²) in [6.07, 6.45) is 3.01. The number of carbonyl (C=O) groups excluding carboxylic acids is 1. The highest BCUT2D eigenvalue weighted by Crippen LogP contribution is 2.31. The van der Waals surface area contributed by atoms with E-state index in [4.69, 9.17) is 4.74 Å². The van der Waals surface area contributed by atoms with E-state index in [0.717, 1.165) is 10.9 Å². The first-order chi connectivity index (χ1) is 13.2. The third kappa shape index (κ3) is 3.48. The number of amides is 1. The van der Waals surface area contributed by atoms with Crippen LogP contribution in [0, 0.1) is 0 Å². The normalized spacial score (nSPS) is 19.9. The van der Waals surface area contributed by atoms with Gasteiger partial charge in [0.2, 0.25) is 0 Å². The van der Waals surface area contributed by atoms with Crippen LogP contribution in [0.15, 0.2) is 54.9 Å². The number of rotatable bonds is 3. The highest BCUT2D eigenvalue weighted by Gasteiger charge is 2.31. The van der Waals surface area contributed by atoms with Crippen LogP contribution in [0.2, 0.25) is 0 Å². The van der Waals surface area contributed by atoms with Crippen LogP contribution in [0.1, 0.15) is 28.3 Å². The molecule has 1 aliphatic rings. The van der Waals surface area contributed by atoms with Crippen LogP contribution in [0.5, 0.6) is 6.01 Å². The fraction of sp³-hybridized carbons (Fsp3) is 0.286. The third-order valence-electron chi connectivity index (χ3n) is 5.13. The summed E-state index contributed by atoms with van der Waals surface area (Å²) < 4.78 is 4.92. The van der Waals surface area contributed by atoms with Crippen LogP contribution in [0.25, 0.3) is 10.8 Å². The number of aliphatic hydroxyl groups excluding tert-OH is 1. The minimum absolute atomic E-state index is 0.0192. The van der Waals surface area contributed by atoms with Gasteiger partial charge in [-0.05, 0) is 22.8 Å². The molecule has 6 nitrogen and oxygen atoms in total. The summed E-state index contributed by atoms with van der Waals surface area (Å²) >= 11 is 0. The second-order valence-electron chi connectivity index (χ2n) is 6.78. The fourth-order valence-corrected chi connectivity index (χ4v) is 3.66. The molecular weight excluding hydrogens is 342 g/mol. The second-order valence-corrected chi connectivity index (χ2v) is 6.78. The Morgan fingerprint density at radius 2 is 1.89 bits per heavy atom. The average Bonchev–Trinajstić information content (AvgIpc) is 2.73. The molecular formula is C21H21N3O3. The number of methoxy groups -OCH3 is 1. The first kappa shape index (κ1) is 17.4. The maximum Gasteiger partial charge on any atom is 0.316 e. The molecule has 1 fully saturated rings. The lowest BCUT2D eigenvalue weighted by atomic mass is 9.86. The van der Waals surface area contributed by atoms with E-state index < -0.39 is 6.10 Å². The van der Waals surface area contributed by atoms with E-state index in [-0.39, 0.29) is 17.8 Å². The van der Waals surface area contributed by atoms with Crippen molar-refractivity contribution in [2.45, 2.75) is 18.4 Å². The van der Waals surface area contributed by atoms with Crippen LogP contribution in [-0.4, -0.2) is 52.2 Å². The van der Waals surface area contributed by atoms with Gasteiger partial charge >= 0.3 is 6.01 Å². The lowest BCUT2D eigenvalue weighted by Crippen LogP contribution is -2.45. The van der Waals surface area contributed by atoms with Crippen LogP contribution in [-0.2, 0) is 0 Å². The van der Waals surface area contributed by atoms with E-state index in [0.29, 0.717) is 25.1 Å². The number of benzene rings is 2. The van der Waals surface area contributed by atoms with E-state index in [1.807, 2.05) is 12.1 Å². The van der Waals surface area contributed by atoms with E-state index in [2.05, 4.69) is 40.3 Å². The number of aromatic nitrogens is 2. The summed E-state index contributed by atoms with van der Waals surface area (Å²) in [7, 11) is 1.48. The highest BCUT2D eigenvalue weighted by molar-refractivity contribution is 5.93. The predicted octanol–water partition coefficient (Wildman–Crippen LogP) is 2.63. The molecule has 1 aromatic heterocycles. The van der Waals surface area contributed by atoms with Crippen molar-refractivity contribution in [3.8, 4) is 6.01 Å². The summed E-state index contributed by atoms with van der Waals surface area (Å²) in [5.74, 6) is -0.153. The molecule has 3 aromatic rings. The van der Waals surface area contributed by atoms with Crippen molar-refractivity contribution in [3.63, 3.8) is 0 Å². The minimum atomic E-state index is -0.608. The Kier molecular flexibility index (Phi) is 4.73. The van der Waals surface area contributed by atoms with Gasteiger partial charge in [-0.15, -0.1) is 0 Å². The fourth-order valence-electron chi connectivity index (χ4n) is 3.66. The summed E-state index contributed by atoms with van der Waals surface area (Å²) in [6, 6.07) is 14.7. The Balaban J connectivity index is 1.48. The van der Waals surface area contributed by atoms with Gasteiger partial charge in [0.05, 0.1) is 18.8 Å². The van der Waals surface area contributed by atoms with Crippen molar-refractivity contribution in [1.29, 1.82) is 0 Å². The van der Waals surface area contributed by atoms with Crippen LogP contribution in [0.3, 0.4) is 0 Å². The summed E-state index contributed by atoms with van der Waals surface area (Å²) in [4.78, 5) is 22.3. The molecule has 1 aliphatic heterocycles. The zero-order chi connectivity index (χ0) is 18.8. The number of ether oxygens (including phenoxy) is 1. The van der Waals surface area contributed by atoms with Gasteiger partial charge in [-0.25, -0.2) is 9.97 Å². The van der Waals surface area contributed by atoms with Gasteiger partial charge in [-0.2, -0.15) is 0 Å². The predicted molar refractivity (Wildman–Crippen MR) is 102 cm³/mol. The number of hydrogen-bond acceptors (Lipinski definition) is 5. The SMILES string of the molecule is COc1ncc(C(=O)N2CC[C@H](c3ccc4ccccc4c3)[C@@H](O)C2)cn1. The van der Waals surface area contributed by atoms with Crippen molar-refractivity contribution in [1.82, 2.24) is 14.9 Å². The van der Waals surface area contributed by atoms with Gasteiger partial charge in [0, 0.05) is 31.4 Å². The molecule has 0 radical (unpaired) electrons. The number of piperidine rings is 1. The third-order valence-corrected chi connectivity index (χ3v) is 5.13. The van der Waals surface area contributed by atoms with Gasteiger partial charge in [-0.1, -0.05) is 42.5 Å². The number of fused-ring (bicyclic) bond motifs is 1. The lowest BCUT2D eigenvalue weighted by Gasteiger charge is -2.36. The van der Waals surface area contributed by atoms with Gasteiger partial charge in [-0.3, -0.25) is 4.79 Å². The number of carbonyl (C=O) groups is 1. The molecule has 4 rings (SSSR count). The Morgan fingerprint density at radius 3 is 2.59 bits per heavy atom. The van der Waals surface area contributed by atoms with Gasteiger partial charge in [0.25, 0.3) is 5.91 Å². The molecule has 2 heterocycles. The molecule has 2 aromatic carbocycles. The largest absolute Gasteiger partial charge is 0.467 e. The van der Waals surface area contributed by atoms with E-state index >= 15 is 0 Å². The highest BCUT2D eigenvalue weighted by atomic mass is 16.5. The molecule has 6 heteroatoms. The van der Waals surface area contributed by atoms with Gasteiger partial charge in [0.15, 0.2) is 0 Å². The lowest BCUT2D eigenvalue weighted by molar-refractivity contribution is 0.0381. The quantitative estimate of drug-likeness (QED) is 0.774. The first-order valence-corrected chi connectivity index (χ1v) is 8.98. The van der Waals surface area contributed by atoms with Crippen molar-refractivity contribution >= 4 is 16.7 Å². The molecule has 1 amide bonds. The van der Waals surface area contributed by atoms with Crippen molar-refractivity contribution in [2.24, 2.45) is 0 Å². The van der Waals surface area contributed by atoms with Gasteiger partial charge < -0.3 is 14.7 Å². The molecule has 0 spiro atoms. The molecule has 0 aliphatic carbocycles. The molecule has 1 N–H and O–H groups in total. The maximum atomic E-state index is 12.7. The average molecular weight is 363 g/mol. The number of likely N-dealkylation sites (tertiary alicyclic amines) is 1. The standard InChI is InChI=1S/C21H21N3O3/c1-27-21-22-11-17(12-23-21)20(26)24-9-8-18(19(25)13-24)16-7-6-14-4-2-3-5-15(14)10-16/h2-7,10-12,18-19,25H,8-9,13H2,1H3/t18-,19+/m1/s1. The summed E-state index contributed by atoms with van der Waals surface area (Å²) in [5, 5.41) is 13.0. The first-order valence-electron chi connectivity index (χ1n) is 8.98. The topological polar surface area (TPSA) is 75.5 Å². The Hall–Kier alpha value is -2.99. The van der Waals surface area contributed by atoms with Crippen molar-refractivity contribution in [2.75, 3.05) is 20.2 Å². The second kappa shape index (κ2) is 7.32. The van der Waals surface area contributed by atoms with Crippen LogP contribution >= 0.6 is 0 Å². The van der Waals surface area contributed by atoms with Crippen LogP contribution < -0.4 is 4.74 Å². The van der Waals surface area contributed by atoms with Gasteiger partial charge in [0.1, 0.15) is 0 Å². The number of aliphatic hydroxyl groups is 1. The van der Waals surface area contributed by atoms with Crippen LogP contribution in [0.4, 0.5) is 0 Å². The molecule has 0 unspecified atom stereocenters. The molecule has 0 saturated carbocycles. The minimum Gasteiger partial charge on any atom is -0.467 e. The molecule has 0 bridgehead atoms. The van der Waals surface area contributed by atoms with Crippen molar-refractivity contribution < 1.29 is 14.6 Å². The Bertz CT molecular complexity index is 958. The Labute approximate surface area is 157 Å². The molecule has 2 atom stereocenters. The summed E-state index contributed by atoms with van der Waals surface area (Å²) in [5.41, 5.74) is 1.51.